The topological polar surface area (TPSA) is 20.2 Å². The molecule has 1 nitrogen and oxygen atoms in total. The molecule has 0 fully saturated rings. The quantitative estimate of drug-likeness (QED) is 0.642. The van der Waals surface area contributed by atoms with Crippen LogP contribution in [0.5, 0.6) is 0 Å². The number of aryl methyl sites for hydroxylation is 1. The predicted octanol–water partition coefficient (Wildman–Crippen LogP) is 4.78. The van der Waals surface area contributed by atoms with Crippen LogP contribution >= 0.6 is 0 Å². The summed E-state index contributed by atoms with van der Waals surface area (Å²) in [6.45, 7) is 4.31. The summed E-state index contributed by atoms with van der Waals surface area (Å²) in [4.78, 5) is 0. The standard InChI is InChI=1S/C16H26O/c1-3-4-5-6-7-8-9-16(17)15-12-10-14(2)11-13-15/h10-13,16-17H,3-9H2,1-2H3. The molecule has 1 atom stereocenters. The van der Waals surface area contributed by atoms with E-state index in [1.54, 1.807) is 0 Å². The number of hydrogen-bond donors (Lipinski definition) is 1. The second-order valence-corrected chi connectivity index (χ2v) is 4.98. The molecule has 0 aliphatic rings. The van der Waals surface area contributed by atoms with Crippen molar-refractivity contribution >= 4 is 0 Å². The van der Waals surface area contributed by atoms with Crippen molar-refractivity contribution in [1.29, 1.82) is 0 Å². The van der Waals surface area contributed by atoms with Crippen LogP contribution in [-0.2, 0) is 0 Å². The minimum Gasteiger partial charge on any atom is -0.388 e. The minimum absolute atomic E-state index is 0.276. The van der Waals surface area contributed by atoms with E-state index in [0.29, 0.717) is 0 Å². The number of unbranched alkanes of at least 4 members (excludes halogenated alkanes) is 5. The largest absolute Gasteiger partial charge is 0.388 e. The summed E-state index contributed by atoms with van der Waals surface area (Å²) >= 11 is 0. The lowest BCUT2D eigenvalue weighted by Crippen LogP contribution is -1.97. The second-order valence-electron chi connectivity index (χ2n) is 4.98. The summed E-state index contributed by atoms with van der Waals surface area (Å²) in [5, 5.41) is 10.0. The zero-order valence-corrected chi connectivity index (χ0v) is 11.3. The molecule has 17 heavy (non-hydrogen) atoms. The van der Waals surface area contributed by atoms with E-state index < -0.39 is 0 Å². The molecule has 0 aliphatic carbocycles. The summed E-state index contributed by atoms with van der Waals surface area (Å²) in [5.41, 5.74) is 2.31. The Morgan fingerprint density at radius 2 is 1.53 bits per heavy atom. The van der Waals surface area contributed by atoms with Crippen molar-refractivity contribution in [3.8, 4) is 0 Å². The van der Waals surface area contributed by atoms with E-state index in [0.717, 1.165) is 18.4 Å². The summed E-state index contributed by atoms with van der Waals surface area (Å²) in [6, 6.07) is 8.22. The van der Waals surface area contributed by atoms with Gasteiger partial charge in [-0.05, 0) is 18.9 Å². The molecule has 1 aromatic carbocycles. The summed E-state index contributed by atoms with van der Waals surface area (Å²) in [5.74, 6) is 0. The van der Waals surface area contributed by atoms with Gasteiger partial charge in [0, 0.05) is 0 Å². The van der Waals surface area contributed by atoms with Crippen LogP contribution in [0.4, 0.5) is 0 Å². The molecule has 0 saturated carbocycles. The lowest BCUT2D eigenvalue weighted by Gasteiger charge is -2.11. The highest BCUT2D eigenvalue weighted by Crippen LogP contribution is 2.20. The van der Waals surface area contributed by atoms with E-state index >= 15 is 0 Å². The molecule has 0 spiro atoms. The number of aliphatic hydroxyl groups is 1. The molecule has 0 amide bonds. The minimum atomic E-state index is -0.276. The third kappa shape index (κ3) is 5.88. The molecule has 0 saturated heterocycles. The normalized spacial score (nSPS) is 12.6. The first-order chi connectivity index (χ1) is 8.24. The van der Waals surface area contributed by atoms with Gasteiger partial charge in [-0.15, -0.1) is 0 Å². The average Bonchev–Trinajstić information content (AvgIpc) is 2.34. The first-order valence-electron chi connectivity index (χ1n) is 6.98. The monoisotopic (exact) mass is 234 g/mol. The van der Waals surface area contributed by atoms with Gasteiger partial charge in [0.1, 0.15) is 0 Å². The van der Waals surface area contributed by atoms with Crippen LogP contribution in [0.3, 0.4) is 0 Å². The van der Waals surface area contributed by atoms with Crippen LogP contribution in [0.1, 0.15) is 69.1 Å². The Balaban J connectivity index is 2.16. The van der Waals surface area contributed by atoms with Crippen molar-refractivity contribution in [2.75, 3.05) is 0 Å². The zero-order chi connectivity index (χ0) is 12.5. The Bertz CT molecular complexity index is 289. The SMILES string of the molecule is CCCCCCCCC(O)c1ccc(C)cc1. The molecule has 0 aromatic heterocycles. The summed E-state index contributed by atoms with van der Waals surface area (Å²) < 4.78 is 0. The van der Waals surface area contributed by atoms with Gasteiger partial charge < -0.3 is 5.11 Å². The predicted molar refractivity (Wildman–Crippen MR) is 74.1 cm³/mol. The van der Waals surface area contributed by atoms with Crippen LogP contribution < -0.4 is 0 Å². The van der Waals surface area contributed by atoms with Gasteiger partial charge >= 0.3 is 0 Å². The fourth-order valence-corrected chi connectivity index (χ4v) is 2.07. The third-order valence-corrected chi connectivity index (χ3v) is 3.29. The molecule has 0 bridgehead atoms. The molecular weight excluding hydrogens is 208 g/mol. The third-order valence-electron chi connectivity index (χ3n) is 3.29. The smallest absolute Gasteiger partial charge is 0.0790 e. The van der Waals surface area contributed by atoms with Crippen LogP contribution in [0, 0.1) is 6.92 Å². The first-order valence-corrected chi connectivity index (χ1v) is 6.98. The van der Waals surface area contributed by atoms with E-state index in [-0.39, 0.29) is 6.10 Å². The van der Waals surface area contributed by atoms with Gasteiger partial charge in [-0.2, -0.15) is 0 Å². The van der Waals surface area contributed by atoms with Gasteiger partial charge in [0.2, 0.25) is 0 Å². The van der Waals surface area contributed by atoms with Gasteiger partial charge in [-0.25, -0.2) is 0 Å². The van der Waals surface area contributed by atoms with E-state index in [2.05, 4.69) is 26.0 Å². The van der Waals surface area contributed by atoms with Crippen molar-refractivity contribution in [2.24, 2.45) is 0 Å². The highest BCUT2D eigenvalue weighted by Gasteiger charge is 2.06. The van der Waals surface area contributed by atoms with Crippen molar-refractivity contribution in [3.63, 3.8) is 0 Å². The van der Waals surface area contributed by atoms with E-state index in [1.807, 2.05) is 12.1 Å². The van der Waals surface area contributed by atoms with Crippen LogP contribution in [0.25, 0.3) is 0 Å². The van der Waals surface area contributed by atoms with E-state index in [1.165, 1.54) is 37.7 Å². The van der Waals surface area contributed by atoms with Gasteiger partial charge in [-0.1, -0.05) is 75.3 Å². The number of rotatable bonds is 8. The van der Waals surface area contributed by atoms with E-state index in [9.17, 15) is 5.11 Å². The summed E-state index contributed by atoms with van der Waals surface area (Å²) in [7, 11) is 0. The fourth-order valence-electron chi connectivity index (χ4n) is 2.07. The maximum absolute atomic E-state index is 10.0. The number of hydrogen-bond acceptors (Lipinski definition) is 1. The van der Waals surface area contributed by atoms with Gasteiger partial charge in [-0.3, -0.25) is 0 Å². The van der Waals surface area contributed by atoms with Crippen molar-refractivity contribution in [2.45, 2.75) is 64.9 Å². The van der Waals surface area contributed by atoms with Crippen molar-refractivity contribution in [1.82, 2.24) is 0 Å². The lowest BCUT2D eigenvalue weighted by molar-refractivity contribution is 0.163. The Kier molecular flexibility index (Phi) is 6.95. The molecule has 1 unspecified atom stereocenters. The van der Waals surface area contributed by atoms with Crippen molar-refractivity contribution in [3.05, 3.63) is 35.4 Å². The molecule has 0 radical (unpaired) electrons. The molecule has 1 heteroatoms. The lowest BCUT2D eigenvalue weighted by atomic mass is 10.0. The maximum atomic E-state index is 10.0. The summed E-state index contributed by atoms with van der Waals surface area (Å²) in [6.07, 6.45) is 8.32. The maximum Gasteiger partial charge on any atom is 0.0790 e. The molecular formula is C16H26O. The molecule has 0 aliphatic heterocycles. The van der Waals surface area contributed by atoms with Crippen molar-refractivity contribution < 1.29 is 5.11 Å². The van der Waals surface area contributed by atoms with Crippen LogP contribution in [0.2, 0.25) is 0 Å². The Hall–Kier alpha value is -0.820. The van der Waals surface area contributed by atoms with Crippen LogP contribution in [-0.4, -0.2) is 5.11 Å². The van der Waals surface area contributed by atoms with Gasteiger partial charge in [0.25, 0.3) is 0 Å². The average molecular weight is 234 g/mol. The highest BCUT2D eigenvalue weighted by atomic mass is 16.3. The molecule has 96 valence electrons. The second kappa shape index (κ2) is 8.30. The zero-order valence-electron chi connectivity index (χ0n) is 11.3. The molecule has 1 N–H and O–H groups in total. The number of benzene rings is 1. The molecule has 1 aromatic rings. The molecule has 0 heterocycles. The Morgan fingerprint density at radius 1 is 0.941 bits per heavy atom. The Labute approximate surface area is 106 Å². The van der Waals surface area contributed by atoms with Gasteiger partial charge in [0.05, 0.1) is 6.10 Å². The number of aliphatic hydroxyl groups excluding tert-OH is 1. The molecule has 1 rings (SSSR count). The fraction of sp³-hybridized carbons (Fsp3) is 0.625. The first kappa shape index (κ1) is 14.2. The van der Waals surface area contributed by atoms with E-state index in [4.69, 9.17) is 0 Å². The highest BCUT2D eigenvalue weighted by molar-refractivity contribution is 5.22. The Morgan fingerprint density at radius 3 is 2.18 bits per heavy atom. The van der Waals surface area contributed by atoms with Gasteiger partial charge in [0.15, 0.2) is 0 Å². The van der Waals surface area contributed by atoms with Crippen LogP contribution in [0.15, 0.2) is 24.3 Å².